The van der Waals surface area contributed by atoms with Gasteiger partial charge in [0.1, 0.15) is 11.2 Å². The molecule has 2 aromatic heterocycles. The van der Waals surface area contributed by atoms with E-state index in [9.17, 15) is 0 Å². The van der Waals surface area contributed by atoms with E-state index < -0.39 is 5.41 Å². The van der Waals surface area contributed by atoms with Crippen LogP contribution in [0.1, 0.15) is 22.3 Å². The van der Waals surface area contributed by atoms with Crippen molar-refractivity contribution in [2.24, 2.45) is 0 Å². The van der Waals surface area contributed by atoms with Crippen LogP contribution in [0.4, 0.5) is 17.1 Å². The average molecular weight is 882 g/mol. The van der Waals surface area contributed by atoms with Gasteiger partial charge in [0.25, 0.3) is 0 Å². The topological polar surface area (TPSA) is 16.4 Å². The highest BCUT2D eigenvalue weighted by Gasteiger charge is 2.51. The largest absolute Gasteiger partial charge is 0.455 e. The summed E-state index contributed by atoms with van der Waals surface area (Å²) in [5.41, 5.74) is 19.6. The van der Waals surface area contributed by atoms with Gasteiger partial charge in [-0.25, -0.2) is 0 Å². The first kappa shape index (κ1) is 37.7. The number of anilines is 3. The predicted octanol–water partition coefficient (Wildman–Crippen LogP) is 18.3. The van der Waals surface area contributed by atoms with Crippen LogP contribution in [-0.4, -0.2) is 0 Å². The lowest BCUT2D eigenvalue weighted by Gasteiger charge is -2.32. The summed E-state index contributed by atoms with van der Waals surface area (Å²) >= 11 is 1.86. The Kier molecular flexibility index (Phi) is 7.90. The maximum absolute atomic E-state index is 7.30. The number of benzene rings is 11. The summed E-state index contributed by atoms with van der Waals surface area (Å²) in [6.45, 7) is 0. The number of nitrogens with zero attached hydrogens (tertiary/aromatic N) is 1. The van der Waals surface area contributed by atoms with Crippen LogP contribution in [0, 0.1) is 0 Å². The Morgan fingerprint density at radius 3 is 1.71 bits per heavy atom. The number of para-hydroxylation sites is 1. The third-order valence-corrected chi connectivity index (χ3v) is 16.1. The fraction of sp³-hybridized carbons (Fsp3) is 0.0154. The zero-order chi connectivity index (χ0) is 44.5. The number of fused-ring (bicyclic) bond motifs is 17. The Morgan fingerprint density at radius 2 is 0.941 bits per heavy atom. The van der Waals surface area contributed by atoms with E-state index in [1.807, 2.05) is 11.3 Å². The highest BCUT2D eigenvalue weighted by molar-refractivity contribution is 7.26. The van der Waals surface area contributed by atoms with Crippen LogP contribution in [0.2, 0.25) is 0 Å². The van der Waals surface area contributed by atoms with Gasteiger partial charge in [0.05, 0.1) is 11.1 Å². The third-order valence-electron chi connectivity index (χ3n) is 14.9. The molecule has 0 aliphatic heterocycles. The lowest BCUT2D eigenvalue weighted by Crippen LogP contribution is -2.26. The number of thiophene rings is 1. The SMILES string of the molecule is c1ccc(-c2ccccc2N(c2ccc3c(c2)C2(c4ccccc4-c4ccccc42)c2ccccc2-3)c2ccc3c(c2)oc2c(-c4cccc5c4sc4ccccc45)c4ccccc4cc23)cc1. The van der Waals surface area contributed by atoms with Gasteiger partial charge in [-0.3, -0.25) is 0 Å². The molecule has 2 aliphatic rings. The van der Waals surface area contributed by atoms with Crippen molar-refractivity contribution in [3.8, 4) is 44.5 Å². The minimum absolute atomic E-state index is 0.474. The van der Waals surface area contributed by atoms with Gasteiger partial charge < -0.3 is 9.32 Å². The van der Waals surface area contributed by atoms with Gasteiger partial charge in [-0.1, -0.05) is 188 Å². The average Bonchev–Trinajstić information content (AvgIpc) is 4.14. The normalized spacial score (nSPS) is 13.1. The van der Waals surface area contributed by atoms with Crippen LogP contribution in [0.25, 0.3) is 97.4 Å². The molecule has 0 bridgehead atoms. The standard InChI is InChI=1S/C65H39NOS/c1-2-17-40(18-3-1)44-20-9-14-31-59(44)66(42-33-35-49-48-24-8-13-30-57(48)65(58(49)38-42)55-28-11-6-22-46(55)47-23-7-12-29-56(47)65)43-34-36-50-54-37-41-19-4-5-21-45(41)62(63(54)67-60(50)39-43)53-27-16-26-52-51-25-10-15-32-61(51)68-64(52)53/h1-39H. The molecule has 0 saturated heterocycles. The highest BCUT2D eigenvalue weighted by Crippen LogP contribution is 2.63. The minimum atomic E-state index is -0.474. The summed E-state index contributed by atoms with van der Waals surface area (Å²) in [5, 5.41) is 7.16. The van der Waals surface area contributed by atoms with E-state index in [0.717, 1.165) is 55.7 Å². The molecular formula is C65H39NOS. The number of hydrogen-bond acceptors (Lipinski definition) is 3. The van der Waals surface area contributed by atoms with Crippen molar-refractivity contribution >= 4 is 81.3 Å². The quantitative estimate of drug-likeness (QED) is 0.171. The first-order chi connectivity index (χ1) is 33.7. The Balaban J connectivity index is 0.993. The Morgan fingerprint density at radius 1 is 0.368 bits per heavy atom. The minimum Gasteiger partial charge on any atom is -0.455 e. The molecule has 0 saturated carbocycles. The smallest absolute Gasteiger partial charge is 0.143 e. The summed E-state index contributed by atoms with van der Waals surface area (Å²) in [6.07, 6.45) is 0. The molecule has 0 amide bonds. The molecule has 316 valence electrons. The van der Waals surface area contributed by atoms with Gasteiger partial charge in [-0.15, -0.1) is 11.3 Å². The van der Waals surface area contributed by atoms with Crippen molar-refractivity contribution in [2.45, 2.75) is 5.41 Å². The summed E-state index contributed by atoms with van der Waals surface area (Å²) < 4.78 is 9.86. The Labute approximate surface area is 397 Å². The van der Waals surface area contributed by atoms with Crippen LogP contribution < -0.4 is 4.90 Å². The lowest BCUT2D eigenvalue weighted by molar-refractivity contribution is 0.670. The molecule has 2 nitrogen and oxygen atoms in total. The van der Waals surface area contributed by atoms with Crippen LogP contribution in [-0.2, 0) is 5.41 Å². The van der Waals surface area contributed by atoms with Gasteiger partial charge in [-0.2, -0.15) is 0 Å². The van der Waals surface area contributed by atoms with E-state index in [2.05, 4.69) is 241 Å². The molecule has 0 radical (unpaired) electrons. The van der Waals surface area contributed by atoms with Crippen molar-refractivity contribution < 1.29 is 4.42 Å². The number of furan rings is 1. The van der Waals surface area contributed by atoms with Crippen molar-refractivity contribution in [3.63, 3.8) is 0 Å². The summed E-state index contributed by atoms with van der Waals surface area (Å²) in [7, 11) is 0. The Bertz CT molecular complexity index is 4170. The van der Waals surface area contributed by atoms with Gasteiger partial charge in [-0.05, 0) is 103 Å². The molecule has 13 aromatic rings. The molecule has 11 aromatic carbocycles. The molecule has 0 N–H and O–H groups in total. The highest BCUT2D eigenvalue weighted by atomic mass is 32.1. The second-order valence-electron chi connectivity index (χ2n) is 18.2. The molecule has 0 unspecified atom stereocenters. The van der Waals surface area contributed by atoms with E-state index in [0.29, 0.717) is 0 Å². The molecule has 0 fully saturated rings. The fourth-order valence-corrected chi connectivity index (χ4v) is 13.3. The molecule has 3 heteroatoms. The fourth-order valence-electron chi connectivity index (χ4n) is 12.1. The van der Waals surface area contributed by atoms with Crippen molar-refractivity contribution in [1.29, 1.82) is 0 Å². The second-order valence-corrected chi connectivity index (χ2v) is 19.3. The van der Waals surface area contributed by atoms with Gasteiger partial charge >= 0.3 is 0 Å². The van der Waals surface area contributed by atoms with E-state index in [1.54, 1.807) is 0 Å². The summed E-state index contributed by atoms with van der Waals surface area (Å²) in [4.78, 5) is 2.45. The van der Waals surface area contributed by atoms with Crippen molar-refractivity contribution in [2.75, 3.05) is 4.90 Å². The third kappa shape index (κ3) is 5.11. The van der Waals surface area contributed by atoms with E-state index in [4.69, 9.17) is 4.42 Å². The van der Waals surface area contributed by atoms with Crippen molar-refractivity contribution in [3.05, 3.63) is 259 Å². The number of rotatable bonds is 5. The zero-order valence-electron chi connectivity index (χ0n) is 36.8. The van der Waals surface area contributed by atoms with Gasteiger partial charge in [0, 0.05) is 65.1 Å². The molecule has 0 atom stereocenters. The first-order valence-corrected chi connectivity index (χ1v) is 24.2. The van der Waals surface area contributed by atoms with Crippen molar-refractivity contribution in [1.82, 2.24) is 0 Å². The zero-order valence-corrected chi connectivity index (χ0v) is 37.6. The lowest BCUT2D eigenvalue weighted by atomic mass is 9.70. The summed E-state index contributed by atoms with van der Waals surface area (Å²) in [5.74, 6) is 0. The molecule has 1 spiro atoms. The molecule has 2 aliphatic carbocycles. The van der Waals surface area contributed by atoms with E-state index in [1.165, 1.54) is 81.0 Å². The van der Waals surface area contributed by atoms with Gasteiger partial charge in [0.2, 0.25) is 0 Å². The predicted molar refractivity (Wildman–Crippen MR) is 286 cm³/mol. The van der Waals surface area contributed by atoms with E-state index >= 15 is 0 Å². The first-order valence-electron chi connectivity index (χ1n) is 23.4. The molecular weight excluding hydrogens is 843 g/mol. The monoisotopic (exact) mass is 881 g/mol. The van der Waals surface area contributed by atoms with Crippen LogP contribution in [0.5, 0.6) is 0 Å². The van der Waals surface area contributed by atoms with Crippen LogP contribution in [0.15, 0.2) is 241 Å². The van der Waals surface area contributed by atoms with Gasteiger partial charge in [0.15, 0.2) is 0 Å². The maximum atomic E-state index is 7.30. The molecule has 2 heterocycles. The summed E-state index contributed by atoms with van der Waals surface area (Å²) in [6, 6.07) is 87.3. The molecule has 68 heavy (non-hydrogen) atoms. The number of hydrogen-bond donors (Lipinski definition) is 0. The van der Waals surface area contributed by atoms with E-state index in [-0.39, 0.29) is 0 Å². The van der Waals surface area contributed by atoms with Crippen LogP contribution in [0.3, 0.4) is 0 Å². The van der Waals surface area contributed by atoms with Crippen LogP contribution >= 0.6 is 11.3 Å². The second kappa shape index (κ2) is 14.3. The maximum Gasteiger partial charge on any atom is 0.143 e. The Hall–Kier alpha value is -8.50. The molecule has 15 rings (SSSR count).